The summed E-state index contributed by atoms with van der Waals surface area (Å²) >= 11 is 1.00. The number of phenolic OH excluding ortho intramolecular Hbond substituents is 1. The van der Waals surface area contributed by atoms with Gasteiger partial charge in [0.25, 0.3) is 0 Å². The minimum Gasteiger partial charge on any atom is -0.506 e. The quantitative estimate of drug-likeness (QED) is 0.409. The highest BCUT2D eigenvalue weighted by molar-refractivity contribution is 7.16. The summed E-state index contributed by atoms with van der Waals surface area (Å²) in [4.78, 5) is 16.4. The Bertz CT molecular complexity index is 1040. The monoisotopic (exact) mass is 429 g/mol. The molecule has 0 bridgehead atoms. The zero-order valence-corrected chi connectivity index (χ0v) is 17.6. The van der Waals surface area contributed by atoms with Gasteiger partial charge in [-0.2, -0.15) is 0 Å². The maximum absolute atomic E-state index is 11.6. The second kappa shape index (κ2) is 9.72. The highest BCUT2D eigenvalue weighted by atomic mass is 32.1. The number of ether oxygens (including phenoxy) is 1. The van der Waals surface area contributed by atoms with Crippen LogP contribution in [0, 0.1) is 0 Å². The zero-order chi connectivity index (χ0) is 20.9. The fourth-order valence-electron chi connectivity index (χ4n) is 3.78. The third-order valence-corrected chi connectivity index (χ3v) is 6.31. The maximum atomic E-state index is 11.6. The number of aliphatic hydroxyl groups excluding tert-OH is 1. The molecule has 0 aliphatic carbocycles. The Balaban J connectivity index is 1.29. The molecule has 1 fully saturated rings. The van der Waals surface area contributed by atoms with Crippen molar-refractivity contribution in [1.82, 2.24) is 15.2 Å². The molecule has 7 nitrogen and oxygen atoms in total. The van der Waals surface area contributed by atoms with E-state index in [1.165, 1.54) is 17.2 Å². The Hall–Kier alpha value is -2.23. The topological polar surface area (TPSA) is 97.8 Å². The van der Waals surface area contributed by atoms with Crippen LogP contribution in [0.15, 0.2) is 41.2 Å². The molecule has 1 saturated heterocycles. The van der Waals surface area contributed by atoms with Gasteiger partial charge < -0.3 is 25.3 Å². The molecule has 4 N–H and O–H groups in total. The number of hydrogen-bond donors (Lipinski definition) is 4. The molecule has 1 aliphatic heterocycles. The van der Waals surface area contributed by atoms with Gasteiger partial charge in [0.1, 0.15) is 11.3 Å². The van der Waals surface area contributed by atoms with E-state index >= 15 is 0 Å². The third-order valence-electron chi connectivity index (χ3n) is 5.38. The lowest BCUT2D eigenvalue weighted by Gasteiger charge is -2.26. The highest BCUT2D eigenvalue weighted by Crippen LogP contribution is 2.31. The molecule has 0 unspecified atom stereocenters. The molecular formula is C22H27N3O4S. The van der Waals surface area contributed by atoms with Gasteiger partial charge in [-0.15, -0.1) is 0 Å². The first-order valence-corrected chi connectivity index (χ1v) is 11.0. The minimum absolute atomic E-state index is 0.0178. The summed E-state index contributed by atoms with van der Waals surface area (Å²) in [5, 5.41) is 23.8. The zero-order valence-electron chi connectivity index (χ0n) is 16.8. The summed E-state index contributed by atoms with van der Waals surface area (Å²) in [5.41, 5.74) is 3.60. The number of thiazole rings is 1. The number of aliphatic hydroxyl groups is 1. The summed E-state index contributed by atoms with van der Waals surface area (Å²) in [6.45, 7) is 5.62. The molecule has 0 amide bonds. The van der Waals surface area contributed by atoms with E-state index in [1.54, 1.807) is 6.07 Å². The Labute approximate surface area is 178 Å². The number of H-pyrrole nitrogens is 1. The minimum atomic E-state index is -0.757. The van der Waals surface area contributed by atoms with Gasteiger partial charge in [-0.3, -0.25) is 9.69 Å². The van der Waals surface area contributed by atoms with Crippen LogP contribution in [0.2, 0.25) is 0 Å². The van der Waals surface area contributed by atoms with E-state index in [2.05, 4.69) is 39.5 Å². The molecule has 30 heavy (non-hydrogen) atoms. The summed E-state index contributed by atoms with van der Waals surface area (Å²) in [7, 11) is 0. The van der Waals surface area contributed by atoms with E-state index < -0.39 is 6.10 Å². The van der Waals surface area contributed by atoms with Crippen molar-refractivity contribution in [3.05, 3.63) is 62.8 Å². The predicted molar refractivity (Wildman–Crippen MR) is 118 cm³/mol. The summed E-state index contributed by atoms with van der Waals surface area (Å²) in [6.07, 6.45) is 0.110. The molecule has 2 aromatic carbocycles. The number of nitrogens with zero attached hydrogens (tertiary/aromatic N) is 1. The van der Waals surface area contributed by atoms with Crippen LogP contribution in [-0.2, 0) is 17.7 Å². The van der Waals surface area contributed by atoms with Crippen LogP contribution >= 0.6 is 11.3 Å². The molecule has 3 aromatic rings. The smallest absolute Gasteiger partial charge is 0.305 e. The molecule has 8 heteroatoms. The average molecular weight is 430 g/mol. The van der Waals surface area contributed by atoms with Crippen molar-refractivity contribution in [1.29, 1.82) is 0 Å². The van der Waals surface area contributed by atoms with E-state index in [0.29, 0.717) is 22.3 Å². The largest absolute Gasteiger partial charge is 0.506 e. The van der Waals surface area contributed by atoms with Gasteiger partial charge in [0.15, 0.2) is 0 Å². The summed E-state index contributed by atoms with van der Waals surface area (Å²) in [5.74, 6) is 0.0178. The second-order valence-electron chi connectivity index (χ2n) is 7.57. The first kappa shape index (κ1) is 21.0. The lowest BCUT2D eigenvalue weighted by Crippen LogP contribution is -2.35. The van der Waals surface area contributed by atoms with Crippen molar-refractivity contribution in [3.8, 4) is 5.75 Å². The maximum Gasteiger partial charge on any atom is 0.305 e. The van der Waals surface area contributed by atoms with E-state index in [0.717, 1.165) is 57.2 Å². The molecular weight excluding hydrogens is 402 g/mol. The first-order chi connectivity index (χ1) is 14.6. The molecule has 0 radical (unpaired) electrons. The Morgan fingerprint density at radius 3 is 2.83 bits per heavy atom. The van der Waals surface area contributed by atoms with Crippen molar-refractivity contribution in [2.45, 2.75) is 19.1 Å². The number of rotatable bonds is 8. The molecule has 4 rings (SSSR count). The fraction of sp³-hybridized carbons (Fsp3) is 0.409. The van der Waals surface area contributed by atoms with Crippen molar-refractivity contribution in [2.75, 3.05) is 39.4 Å². The molecule has 2 heterocycles. The number of hydrogen-bond acceptors (Lipinski definition) is 7. The molecule has 160 valence electrons. The average Bonchev–Trinajstić information content (AvgIpc) is 3.15. The normalized spacial score (nSPS) is 16.2. The van der Waals surface area contributed by atoms with Gasteiger partial charge in [0, 0.05) is 31.7 Å². The van der Waals surface area contributed by atoms with Crippen LogP contribution in [0.3, 0.4) is 0 Å². The van der Waals surface area contributed by atoms with Crippen LogP contribution in [0.1, 0.15) is 22.8 Å². The van der Waals surface area contributed by atoms with Crippen molar-refractivity contribution in [3.63, 3.8) is 0 Å². The molecule has 1 atom stereocenters. The standard InChI is InChI=1S/C22H27N3O4S/c26-18-5-4-17(21-20(18)24-22(28)30-21)19(27)13-23-7-6-15-2-1-3-16(12-15)14-25-8-10-29-11-9-25/h1-5,12,19,23,26-27H,6-11,13-14H2,(H,24,28)/t19-/m0/s1. The van der Waals surface area contributed by atoms with E-state index in [4.69, 9.17) is 4.74 Å². The summed E-state index contributed by atoms with van der Waals surface area (Å²) in [6, 6.07) is 11.8. The number of phenols is 1. The Morgan fingerprint density at radius 2 is 2.00 bits per heavy atom. The SMILES string of the molecule is O=c1[nH]c2c(O)ccc([C@@H](O)CNCCc3cccc(CN4CCOCC4)c3)c2s1. The van der Waals surface area contributed by atoms with Crippen LogP contribution in [0.25, 0.3) is 10.2 Å². The van der Waals surface area contributed by atoms with E-state index in [9.17, 15) is 15.0 Å². The lowest BCUT2D eigenvalue weighted by molar-refractivity contribution is 0.0342. The van der Waals surface area contributed by atoms with E-state index in [1.807, 2.05) is 0 Å². The predicted octanol–water partition coefficient (Wildman–Crippen LogP) is 1.99. The van der Waals surface area contributed by atoms with Gasteiger partial charge in [0.2, 0.25) is 0 Å². The van der Waals surface area contributed by atoms with Crippen molar-refractivity contribution < 1.29 is 14.9 Å². The molecule has 0 spiro atoms. The van der Waals surface area contributed by atoms with Gasteiger partial charge in [-0.25, -0.2) is 0 Å². The van der Waals surface area contributed by atoms with Crippen LogP contribution < -0.4 is 10.2 Å². The Kier molecular flexibility index (Phi) is 6.81. The molecule has 1 aromatic heterocycles. The lowest BCUT2D eigenvalue weighted by atomic mass is 10.1. The molecule has 1 aliphatic rings. The summed E-state index contributed by atoms with van der Waals surface area (Å²) < 4.78 is 6.01. The first-order valence-electron chi connectivity index (χ1n) is 10.2. The Morgan fingerprint density at radius 1 is 1.20 bits per heavy atom. The number of aromatic hydroxyl groups is 1. The van der Waals surface area contributed by atoms with Crippen LogP contribution in [0.4, 0.5) is 0 Å². The fourth-order valence-corrected chi connectivity index (χ4v) is 4.70. The number of aromatic nitrogens is 1. The third kappa shape index (κ3) is 5.08. The van der Waals surface area contributed by atoms with Gasteiger partial charge in [0.05, 0.1) is 24.0 Å². The number of benzene rings is 2. The number of morpholine rings is 1. The van der Waals surface area contributed by atoms with Gasteiger partial charge in [-0.05, 0) is 30.2 Å². The van der Waals surface area contributed by atoms with Gasteiger partial charge in [-0.1, -0.05) is 41.7 Å². The molecule has 0 saturated carbocycles. The highest BCUT2D eigenvalue weighted by Gasteiger charge is 2.16. The van der Waals surface area contributed by atoms with Crippen LogP contribution in [-0.4, -0.2) is 59.5 Å². The number of fused-ring (bicyclic) bond motifs is 1. The van der Waals surface area contributed by atoms with Gasteiger partial charge >= 0.3 is 4.87 Å². The van der Waals surface area contributed by atoms with Crippen molar-refractivity contribution in [2.24, 2.45) is 0 Å². The second-order valence-corrected chi connectivity index (χ2v) is 8.55. The number of aromatic amines is 1. The number of nitrogens with one attached hydrogen (secondary N) is 2. The van der Waals surface area contributed by atoms with Crippen molar-refractivity contribution >= 4 is 21.6 Å². The van der Waals surface area contributed by atoms with Crippen LogP contribution in [0.5, 0.6) is 5.75 Å². The van der Waals surface area contributed by atoms with E-state index in [-0.39, 0.29) is 10.6 Å².